The molecule has 0 bridgehead atoms. The van der Waals surface area contributed by atoms with Gasteiger partial charge in [-0.05, 0) is 23.0 Å². The summed E-state index contributed by atoms with van der Waals surface area (Å²) in [7, 11) is 2.20. The predicted molar refractivity (Wildman–Crippen MR) is 116 cm³/mol. The van der Waals surface area contributed by atoms with E-state index in [4.69, 9.17) is 0 Å². The highest BCUT2D eigenvalue weighted by Crippen LogP contribution is 2.39. The highest BCUT2D eigenvalue weighted by atomic mass is 15.2. The number of para-hydroxylation sites is 3. The molecule has 0 aliphatic carbocycles. The summed E-state index contributed by atoms with van der Waals surface area (Å²) in [6.07, 6.45) is 0. The largest absolute Gasteiger partial charge is 0.265 e. The monoisotopic (exact) mass is 363 g/mol. The predicted octanol–water partition coefficient (Wildman–Crippen LogP) is 6.17. The lowest BCUT2D eigenvalue weighted by atomic mass is 9.78. The molecule has 0 amide bonds. The van der Waals surface area contributed by atoms with Crippen LogP contribution in [0.5, 0.6) is 0 Å². The van der Waals surface area contributed by atoms with Crippen molar-refractivity contribution in [1.82, 2.24) is 4.57 Å². The van der Waals surface area contributed by atoms with Crippen LogP contribution in [0.25, 0.3) is 16.7 Å². The summed E-state index contributed by atoms with van der Waals surface area (Å²) in [4.78, 5) is 0. The van der Waals surface area contributed by atoms with Crippen molar-refractivity contribution in [3.63, 3.8) is 0 Å². The minimum atomic E-state index is 0.0643. The second-order valence-corrected chi connectivity index (χ2v) is 10.1. The number of nitrogens with zero attached hydrogens (tertiary/aromatic N) is 2. The van der Waals surface area contributed by atoms with Crippen molar-refractivity contribution < 1.29 is 4.57 Å². The third-order valence-electron chi connectivity index (χ3n) is 5.45. The zero-order valence-corrected chi connectivity index (χ0v) is 18.5. The summed E-state index contributed by atoms with van der Waals surface area (Å²) in [5.41, 5.74) is 6.86. The Bertz CT molecular complexity index is 944. The summed E-state index contributed by atoms with van der Waals surface area (Å²) < 4.78 is 4.90. The molecule has 27 heavy (non-hydrogen) atoms. The van der Waals surface area contributed by atoms with Crippen LogP contribution >= 0.6 is 0 Å². The van der Waals surface area contributed by atoms with Gasteiger partial charge in [0.2, 0.25) is 0 Å². The normalized spacial score (nSPS) is 13.0. The Morgan fingerprint density at radius 1 is 0.778 bits per heavy atom. The van der Waals surface area contributed by atoms with Gasteiger partial charge >= 0.3 is 0 Å². The first kappa shape index (κ1) is 19.7. The zero-order valence-electron chi connectivity index (χ0n) is 18.5. The molecule has 0 aliphatic rings. The van der Waals surface area contributed by atoms with Crippen LogP contribution in [0.4, 0.5) is 0 Å². The maximum atomic E-state index is 2.53. The molecule has 0 radical (unpaired) electrons. The molecule has 0 unspecified atom stereocenters. The standard InChI is InChI=1S/C25H35N2/c1-17(2)23-26(9)20-15-10-11-16-21(20)27(23)22-18(24(3,4)5)13-12-14-19(22)25(6,7)8/h10-17H,1-9H3/q+1. The lowest BCUT2D eigenvalue weighted by Gasteiger charge is -2.28. The summed E-state index contributed by atoms with van der Waals surface area (Å²) in [6, 6.07) is 15.6. The van der Waals surface area contributed by atoms with Crippen molar-refractivity contribution in [2.45, 2.75) is 72.1 Å². The first-order valence-electron chi connectivity index (χ1n) is 10.1. The van der Waals surface area contributed by atoms with Gasteiger partial charge in [-0.3, -0.25) is 0 Å². The second-order valence-electron chi connectivity index (χ2n) is 10.1. The number of imidazole rings is 1. The van der Waals surface area contributed by atoms with Gasteiger partial charge < -0.3 is 0 Å². The third kappa shape index (κ3) is 3.31. The molecule has 0 atom stereocenters. The van der Waals surface area contributed by atoms with Crippen LogP contribution in [0.2, 0.25) is 0 Å². The van der Waals surface area contributed by atoms with Gasteiger partial charge in [-0.25, -0.2) is 4.57 Å². The van der Waals surface area contributed by atoms with Gasteiger partial charge in [0.15, 0.2) is 11.0 Å². The van der Waals surface area contributed by atoms with E-state index in [1.807, 2.05) is 0 Å². The minimum Gasteiger partial charge on any atom is -0.229 e. The Morgan fingerprint density at radius 2 is 1.30 bits per heavy atom. The van der Waals surface area contributed by atoms with Crippen molar-refractivity contribution in [3.05, 3.63) is 59.4 Å². The fourth-order valence-electron chi connectivity index (χ4n) is 4.21. The fourth-order valence-corrected chi connectivity index (χ4v) is 4.21. The molecule has 144 valence electrons. The topological polar surface area (TPSA) is 8.81 Å². The van der Waals surface area contributed by atoms with Crippen LogP contribution in [-0.4, -0.2) is 4.57 Å². The molecule has 2 aromatic carbocycles. The van der Waals surface area contributed by atoms with Crippen LogP contribution in [0, 0.1) is 0 Å². The molecule has 0 spiro atoms. The number of hydrogen-bond donors (Lipinski definition) is 0. The molecule has 0 saturated heterocycles. The van der Waals surface area contributed by atoms with Crippen LogP contribution in [0.3, 0.4) is 0 Å². The Balaban J connectivity index is 2.57. The molecule has 2 nitrogen and oxygen atoms in total. The van der Waals surface area contributed by atoms with E-state index in [0.29, 0.717) is 5.92 Å². The lowest BCUT2D eigenvalue weighted by Crippen LogP contribution is -2.34. The number of aryl methyl sites for hydroxylation is 1. The molecule has 3 rings (SSSR count). The summed E-state index contributed by atoms with van der Waals surface area (Å²) in [5, 5.41) is 0. The Hall–Kier alpha value is -2.09. The maximum Gasteiger partial charge on any atom is 0.265 e. The van der Waals surface area contributed by atoms with Crippen molar-refractivity contribution in [1.29, 1.82) is 0 Å². The fraction of sp³-hybridized carbons (Fsp3) is 0.480. The quantitative estimate of drug-likeness (QED) is 0.481. The summed E-state index contributed by atoms with van der Waals surface area (Å²) >= 11 is 0. The lowest BCUT2D eigenvalue weighted by molar-refractivity contribution is -0.654. The molecule has 0 N–H and O–H groups in total. The first-order chi connectivity index (χ1) is 12.4. The SMILES string of the molecule is CC(C)c1n(-c2c(C(C)(C)C)cccc2C(C)(C)C)c2ccccc2[n+]1C. The van der Waals surface area contributed by atoms with E-state index in [9.17, 15) is 0 Å². The summed E-state index contributed by atoms with van der Waals surface area (Å²) in [5.74, 6) is 1.77. The molecule has 0 aliphatic heterocycles. The van der Waals surface area contributed by atoms with Gasteiger partial charge in [-0.15, -0.1) is 0 Å². The molecular formula is C25H35N2+. The number of hydrogen-bond acceptors (Lipinski definition) is 0. The first-order valence-corrected chi connectivity index (χ1v) is 10.1. The van der Waals surface area contributed by atoms with Crippen LogP contribution < -0.4 is 4.57 Å². The van der Waals surface area contributed by atoms with Gasteiger partial charge in [0.1, 0.15) is 5.69 Å². The molecule has 2 heteroatoms. The minimum absolute atomic E-state index is 0.0643. The highest BCUT2D eigenvalue weighted by molar-refractivity contribution is 5.76. The average molecular weight is 364 g/mol. The van der Waals surface area contributed by atoms with Crippen LogP contribution in [0.15, 0.2) is 42.5 Å². The number of fused-ring (bicyclic) bond motifs is 1. The second kappa shape index (κ2) is 6.51. The molecule has 1 aromatic heterocycles. The molecule has 0 fully saturated rings. The van der Waals surface area contributed by atoms with Crippen molar-refractivity contribution in [2.75, 3.05) is 0 Å². The van der Waals surface area contributed by atoms with Gasteiger partial charge in [0, 0.05) is 11.1 Å². The smallest absolute Gasteiger partial charge is 0.229 e. The van der Waals surface area contributed by atoms with E-state index in [2.05, 4.69) is 114 Å². The Kier molecular flexibility index (Phi) is 4.74. The van der Waals surface area contributed by atoms with Crippen molar-refractivity contribution >= 4 is 11.0 Å². The van der Waals surface area contributed by atoms with E-state index in [0.717, 1.165) is 0 Å². The Morgan fingerprint density at radius 3 is 1.78 bits per heavy atom. The van der Waals surface area contributed by atoms with E-state index in [1.54, 1.807) is 0 Å². The Labute approximate surface area is 164 Å². The molecule has 3 aromatic rings. The number of benzene rings is 2. The molecule has 1 heterocycles. The average Bonchev–Trinajstić information content (AvgIpc) is 2.86. The highest BCUT2D eigenvalue weighted by Gasteiger charge is 2.34. The maximum absolute atomic E-state index is 2.53. The number of rotatable bonds is 2. The van der Waals surface area contributed by atoms with Crippen LogP contribution in [0.1, 0.15) is 78.3 Å². The van der Waals surface area contributed by atoms with Crippen molar-refractivity contribution in [3.8, 4) is 5.69 Å². The van der Waals surface area contributed by atoms with Gasteiger partial charge in [0.25, 0.3) is 5.82 Å². The molecule has 0 saturated carbocycles. The van der Waals surface area contributed by atoms with E-state index in [1.165, 1.54) is 33.7 Å². The van der Waals surface area contributed by atoms with Gasteiger partial charge in [0.05, 0.1) is 13.0 Å². The van der Waals surface area contributed by atoms with Gasteiger partial charge in [-0.2, -0.15) is 4.57 Å². The third-order valence-corrected chi connectivity index (χ3v) is 5.45. The molecular weight excluding hydrogens is 328 g/mol. The van der Waals surface area contributed by atoms with E-state index in [-0.39, 0.29) is 10.8 Å². The van der Waals surface area contributed by atoms with E-state index < -0.39 is 0 Å². The van der Waals surface area contributed by atoms with Crippen LogP contribution in [-0.2, 0) is 17.9 Å². The van der Waals surface area contributed by atoms with Crippen molar-refractivity contribution in [2.24, 2.45) is 7.05 Å². The van der Waals surface area contributed by atoms with Gasteiger partial charge in [-0.1, -0.05) is 85.7 Å². The van der Waals surface area contributed by atoms with E-state index >= 15 is 0 Å². The zero-order chi connectivity index (χ0) is 20.1. The summed E-state index contributed by atoms with van der Waals surface area (Å²) in [6.45, 7) is 18.5. The number of aromatic nitrogens is 2.